The zero-order chi connectivity index (χ0) is 21.1. The summed E-state index contributed by atoms with van der Waals surface area (Å²) >= 11 is 3.38. The predicted octanol–water partition coefficient (Wildman–Crippen LogP) is 2.62. The fourth-order valence-corrected chi connectivity index (χ4v) is 4.20. The topological polar surface area (TPSA) is 99.1 Å². The van der Waals surface area contributed by atoms with Gasteiger partial charge in [0.25, 0.3) is 0 Å². The lowest BCUT2D eigenvalue weighted by atomic mass is 9.61. The van der Waals surface area contributed by atoms with Crippen LogP contribution in [0, 0.1) is 11.8 Å². The highest BCUT2D eigenvalue weighted by Gasteiger charge is 2.57. The second kappa shape index (κ2) is 9.05. The van der Waals surface area contributed by atoms with E-state index < -0.39 is 41.1 Å². The summed E-state index contributed by atoms with van der Waals surface area (Å²) in [6.45, 7) is 4.89. The summed E-state index contributed by atoms with van der Waals surface area (Å²) in [6, 6.07) is 5.08. The first-order valence-corrected chi connectivity index (χ1v) is 9.89. The van der Waals surface area contributed by atoms with Gasteiger partial charge in [0.2, 0.25) is 0 Å². The van der Waals surface area contributed by atoms with Crippen molar-refractivity contribution in [2.24, 2.45) is 11.8 Å². The fraction of sp³-hybridized carbons (Fsp3) is 0.550. The van der Waals surface area contributed by atoms with Crippen LogP contribution >= 0.6 is 15.9 Å². The largest absolute Gasteiger partial charge is 0.496 e. The van der Waals surface area contributed by atoms with Gasteiger partial charge < -0.3 is 19.3 Å². The van der Waals surface area contributed by atoms with Gasteiger partial charge in [-0.25, -0.2) is 0 Å². The minimum Gasteiger partial charge on any atom is -0.496 e. The number of hydrogen-bond acceptors (Lipinski definition) is 7. The second-order valence-electron chi connectivity index (χ2n) is 6.87. The van der Waals surface area contributed by atoms with Gasteiger partial charge in [-0.15, -0.1) is 0 Å². The first kappa shape index (κ1) is 22.4. The first-order valence-electron chi connectivity index (χ1n) is 9.09. The molecular weight excluding hydrogens is 432 g/mol. The Morgan fingerprint density at radius 3 is 2.39 bits per heavy atom. The van der Waals surface area contributed by atoms with Crippen LogP contribution in [0.25, 0.3) is 0 Å². The number of aliphatic hydroxyl groups is 1. The zero-order valence-electron chi connectivity index (χ0n) is 16.4. The molecule has 1 N–H and O–H groups in total. The van der Waals surface area contributed by atoms with Crippen LogP contribution < -0.4 is 4.74 Å². The smallest absolute Gasteiger partial charge is 0.317 e. The molecule has 0 unspecified atom stereocenters. The van der Waals surface area contributed by atoms with Gasteiger partial charge in [0, 0.05) is 22.4 Å². The lowest BCUT2D eigenvalue weighted by molar-refractivity contribution is -0.172. The number of rotatable bonds is 6. The van der Waals surface area contributed by atoms with Crippen LogP contribution in [0.15, 0.2) is 22.7 Å². The minimum atomic E-state index is -1.69. The molecule has 0 radical (unpaired) electrons. The minimum absolute atomic E-state index is 0.0887. The monoisotopic (exact) mass is 456 g/mol. The normalized spacial score (nSPS) is 27.2. The van der Waals surface area contributed by atoms with Crippen molar-refractivity contribution in [3.05, 3.63) is 28.2 Å². The third-order valence-electron chi connectivity index (χ3n) is 4.90. The van der Waals surface area contributed by atoms with Crippen molar-refractivity contribution in [2.45, 2.75) is 38.7 Å². The first-order chi connectivity index (χ1) is 13.2. The van der Waals surface area contributed by atoms with E-state index in [1.807, 2.05) is 0 Å². The molecule has 1 aromatic rings. The molecule has 0 heterocycles. The van der Waals surface area contributed by atoms with Crippen LogP contribution in [-0.4, -0.2) is 48.8 Å². The molecule has 2 rings (SSSR count). The molecule has 1 saturated carbocycles. The number of ketones is 1. The molecule has 0 aliphatic heterocycles. The van der Waals surface area contributed by atoms with Gasteiger partial charge >= 0.3 is 11.9 Å². The average molecular weight is 457 g/mol. The molecular formula is C20H25BrO7. The van der Waals surface area contributed by atoms with Crippen molar-refractivity contribution in [1.82, 2.24) is 0 Å². The Kier molecular flexibility index (Phi) is 7.22. The Labute approximate surface area is 172 Å². The molecule has 0 amide bonds. The summed E-state index contributed by atoms with van der Waals surface area (Å²) in [6.07, 6.45) is -0.354. The summed E-state index contributed by atoms with van der Waals surface area (Å²) in [5.74, 6) is -4.91. The summed E-state index contributed by atoms with van der Waals surface area (Å²) in [7, 11) is 1.45. The number of esters is 2. The summed E-state index contributed by atoms with van der Waals surface area (Å²) < 4.78 is 16.4. The molecule has 0 aromatic heterocycles. The molecule has 4 atom stereocenters. The van der Waals surface area contributed by atoms with E-state index in [4.69, 9.17) is 14.2 Å². The molecule has 0 spiro atoms. The van der Waals surface area contributed by atoms with Crippen molar-refractivity contribution in [1.29, 1.82) is 0 Å². The number of methoxy groups -OCH3 is 1. The van der Waals surface area contributed by atoms with Gasteiger partial charge in [0.1, 0.15) is 11.7 Å². The summed E-state index contributed by atoms with van der Waals surface area (Å²) in [5.41, 5.74) is -1.24. The summed E-state index contributed by atoms with van der Waals surface area (Å²) in [4.78, 5) is 38.4. The van der Waals surface area contributed by atoms with Crippen LogP contribution in [0.5, 0.6) is 5.75 Å². The Balaban J connectivity index is 2.73. The Morgan fingerprint density at radius 1 is 1.21 bits per heavy atom. The van der Waals surface area contributed by atoms with E-state index in [-0.39, 0.29) is 19.6 Å². The van der Waals surface area contributed by atoms with Gasteiger partial charge in [-0.2, -0.15) is 0 Å². The van der Waals surface area contributed by atoms with Gasteiger partial charge in [-0.05, 0) is 39.0 Å². The van der Waals surface area contributed by atoms with Crippen molar-refractivity contribution < 1.29 is 33.7 Å². The fourth-order valence-electron chi connectivity index (χ4n) is 3.82. The highest BCUT2D eigenvalue weighted by atomic mass is 79.9. The highest BCUT2D eigenvalue weighted by Crippen LogP contribution is 2.49. The average Bonchev–Trinajstić information content (AvgIpc) is 2.60. The maximum atomic E-state index is 12.9. The molecule has 28 heavy (non-hydrogen) atoms. The standard InChI is InChI=1S/C20H25BrO7/c1-5-27-18(23)16-13(22)10-20(3,25)17(19(24)28-6-2)15(16)12-9-11(21)7-8-14(12)26-4/h7-9,15-17,25H,5-6,10H2,1-4H3/t15-,16+,17-,20+/m1/s1. The Bertz CT molecular complexity index is 759. The van der Waals surface area contributed by atoms with Crippen LogP contribution in [-0.2, 0) is 23.9 Å². The van der Waals surface area contributed by atoms with E-state index in [1.165, 1.54) is 14.0 Å². The lowest BCUT2D eigenvalue weighted by Crippen LogP contribution is -2.55. The molecule has 7 nitrogen and oxygen atoms in total. The maximum Gasteiger partial charge on any atom is 0.317 e. The molecule has 0 saturated heterocycles. The number of benzene rings is 1. The van der Waals surface area contributed by atoms with E-state index in [0.717, 1.165) is 0 Å². The Morgan fingerprint density at radius 2 is 1.82 bits per heavy atom. The molecule has 1 fully saturated rings. The molecule has 8 heteroatoms. The predicted molar refractivity (Wildman–Crippen MR) is 104 cm³/mol. The van der Waals surface area contributed by atoms with Crippen LogP contribution in [0.3, 0.4) is 0 Å². The molecule has 154 valence electrons. The van der Waals surface area contributed by atoms with Crippen LogP contribution in [0.1, 0.15) is 38.7 Å². The van der Waals surface area contributed by atoms with E-state index in [1.54, 1.807) is 32.0 Å². The number of carbonyl (C=O) groups is 3. The number of Topliss-reactive ketones (excluding diaryl/α,β-unsaturated/α-hetero) is 1. The quantitative estimate of drug-likeness (QED) is 0.518. The lowest BCUT2D eigenvalue weighted by Gasteiger charge is -2.43. The number of carbonyl (C=O) groups excluding carboxylic acids is 3. The molecule has 1 aromatic carbocycles. The van der Waals surface area contributed by atoms with E-state index in [2.05, 4.69) is 15.9 Å². The van der Waals surface area contributed by atoms with Crippen molar-refractivity contribution in [3.63, 3.8) is 0 Å². The van der Waals surface area contributed by atoms with E-state index >= 15 is 0 Å². The molecule has 1 aliphatic carbocycles. The molecule has 1 aliphatic rings. The van der Waals surface area contributed by atoms with Crippen molar-refractivity contribution in [3.8, 4) is 5.75 Å². The SMILES string of the molecule is CCOC(=O)[C@H]1C(=O)C[C@](C)(O)[C@@H](C(=O)OCC)[C@@H]1c1cc(Br)ccc1OC. The van der Waals surface area contributed by atoms with Crippen LogP contribution in [0.4, 0.5) is 0 Å². The van der Waals surface area contributed by atoms with E-state index in [0.29, 0.717) is 15.8 Å². The van der Waals surface area contributed by atoms with Crippen molar-refractivity contribution >= 4 is 33.7 Å². The van der Waals surface area contributed by atoms with Crippen molar-refractivity contribution in [2.75, 3.05) is 20.3 Å². The maximum absolute atomic E-state index is 12.9. The highest BCUT2D eigenvalue weighted by molar-refractivity contribution is 9.10. The zero-order valence-corrected chi connectivity index (χ0v) is 17.9. The van der Waals surface area contributed by atoms with Gasteiger partial charge in [0.05, 0.1) is 31.8 Å². The summed E-state index contributed by atoms with van der Waals surface area (Å²) in [5, 5.41) is 11.0. The number of ether oxygens (including phenoxy) is 3. The van der Waals surface area contributed by atoms with Gasteiger partial charge in [-0.1, -0.05) is 15.9 Å². The number of hydrogen-bond donors (Lipinski definition) is 1. The van der Waals surface area contributed by atoms with E-state index in [9.17, 15) is 19.5 Å². The van der Waals surface area contributed by atoms with Gasteiger partial charge in [-0.3, -0.25) is 14.4 Å². The third-order valence-corrected chi connectivity index (χ3v) is 5.39. The molecule has 0 bridgehead atoms. The second-order valence-corrected chi connectivity index (χ2v) is 7.79. The van der Waals surface area contributed by atoms with Crippen LogP contribution in [0.2, 0.25) is 0 Å². The van der Waals surface area contributed by atoms with Gasteiger partial charge in [0.15, 0.2) is 5.78 Å². The number of halogens is 1. The Hall–Kier alpha value is -1.93. The third kappa shape index (κ3) is 4.38.